The minimum Gasteiger partial charge on any atom is -0.493 e. The standard InChI is InChI=1S/C17H15NO5S/c1-19-13-4-9(5-14(20-2)16(13)21-3)17-18-10-6-11-12(23-8-22-11)7-15(10)24-17/h4-7H,8H2,1-3H3. The molecule has 0 saturated heterocycles. The van der Waals surface area contributed by atoms with Crippen LogP contribution >= 0.6 is 11.3 Å². The summed E-state index contributed by atoms with van der Waals surface area (Å²) in [6, 6.07) is 7.63. The van der Waals surface area contributed by atoms with E-state index in [0.29, 0.717) is 17.2 Å². The number of rotatable bonds is 4. The van der Waals surface area contributed by atoms with Crippen molar-refractivity contribution >= 4 is 21.6 Å². The second-order valence-electron chi connectivity index (χ2n) is 5.11. The van der Waals surface area contributed by atoms with Crippen molar-refractivity contribution < 1.29 is 23.7 Å². The normalized spacial score (nSPS) is 12.5. The Morgan fingerprint density at radius 3 is 2.21 bits per heavy atom. The SMILES string of the molecule is COc1cc(-c2nc3cc4c(cc3s2)OCO4)cc(OC)c1OC. The van der Waals surface area contributed by atoms with E-state index in [1.54, 1.807) is 32.7 Å². The Kier molecular flexibility index (Phi) is 3.57. The summed E-state index contributed by atoms with van der Waals surface area (Å²) in [5.74, 6) is 3.23. The van der Waals surface area contributed by atoms with Crippen molar-refractivity contribution in [1.82, 2.24) is 4.98 Å². The van der Waals surface area contributed by atoms with Crippen molar-refractivity contribution in [3.63, 3.8) is 0 Å². The van der Waals surface area contributed by atoms with Crippen LogP contribution in [-0.4, -0.2) is 33.1 Å². The van der Waals surface area contributed by atoms with Gasteiger partial charge >= 0.3 is 0 Å². The van der Waals surface area contributed by atoms with Crippen LogP contribution < -0.4 is 23.7 Å². The molecule has 2 heterocycles. The molecular formula is C17H15NO5S. The molecule has 1 aromatic heterocycles. The molecule has 6 nitrogen and oxygen atoms in total. The molecule has 0 atom stereocenters. The zero-order chi connectivity index (χ0) is 16.7. The fourth-order valence-corrected chi connectivity index (χ4v) is 3.61. The number of benzene rings is 2. The van der Waals surface area contributed by atoms with Crippen molar-refractivity contribution in [3.8, 4) is 39.3 Å². The zero-order valence-corrected chi connectivity index (χ0v) is 14.2. The Balaban J connectivity index is 1.85. The summed E-state index contributed by atoms with van der Waals surface area (Å²) in [5, 5.41) is 0.855. The van der Waals surface area contributed by atoms with Crippen LogP contribution in [0.5, 0.6) is 28.7 Å². The first-order valence-electron chi connectivity index (χ1n) is 7.24. The zero-order valence-electron chi connectivity index (χ0n) is 13.4. The van der Waals surface area contributed by atoms with E-state index >= 15 is 0 Å². The minimum absolute atomic E-state index is 0.256. The Morgan fingerprint density at radius 1 is 0.917 bits per heavy atom. The highest BCUT2D eigenvalue weighted by molar-refractivity contribution is 7.21. The minimum atomic E-state index is 0.256. The topological polar surface area (TPSA) is 59.0 Å². The van der Waals surface area contributed by atoms with Crippen LogP contribution in [0.15, 0.2) is 24.3 Å². The molecule has 2 aromatic carbocycles. The smallest absolute Gasteiger partial charge is 0.231 e. The average Bonchev–Trinajstić information content (AvgIpc) is 3.23. The maximum absolute atomic E-state index is 5.42. The molecule has 0 unspecified atom stereocenters. The molecule has 7 heteroatoms. The maximum Gasteiger partial charge on any atom is 0.231 e. The maximum atomic E-state index is 5.42. The Hall–Kier alpha value is -2.67. The van der Waals surface area contributed by atoms with E-state index < -0.39 is 0 Å². The van der Waals surface area contributed by atoms with Crippen LogP contribution in [-0.2, 0) is 0 Å². The van der Waals surface area contributed by atoms with Crippen molar-refractivity contribution in [2.75, 3.05) is 28.1 Å². The van der Waals surface area contributed by atoms with Crippen LogP contribution in [0.25, 0.3) is 20.8 Å². The van der Waals surface area contributed by atoms with E-state index in [1.165, 1.54) is 0 Å². The van der Waals surface area contributed by atoms with Gasteiger partial charge in [0.2, 0.25) is 12.5 Å². The number of aromatic nitrogens is 1. The number of hydrogen-bond donors (Lipinski definition) is 0. The molecule has 0 amide bonds. The van der Waals surface area contributed by atoms with Crippen LogP contribution in [0.4, 0.5) is 0 Å². The molecule has 0 radical (unpaired) electrons. The fraction of sp³-hybridized carbons (Fsp3) is 0.235. The number of nitrogens with zero attached hydrogens (tertiary/aromatic N) is 1. The molecule has 4 rings (SSSR count). The van der Waals surface area contributed by atoms with Crippen molar-refractivity contribution in [3.05, 3.63) is 24.3 Å². The molecule has 1 aliphatic rings. The average molecular weight is 345 g/mol. The van der Waals surface area contributed by atoms with E-state index in [-0.39, 0.29) is 6.79 Å². The van der Waals surface area contributed by atoms with E-state index in [9.17, 15) is 0 Å². The van der Waals surface area contributed by atoms with Gasteiger partial charge in [0, 0.05) is 17.7 Å². The van der Waals surface area contributed by atoms with Gasteiger partial charge in [0.15, 0.2) is 23.0 Å². The first kappa shape index (κ1) is 14.9. The summed E-state index contributed by atoms with van der Waals surface area (Å²) >= 11 is 1.57. The van der Waals surface area contributed by atoms with Gasteiger partial charge in [0.05, 0.1) is 31.5 Å². The van der Waals surface area contributed by atoms with Gasteiger partial charge in [0.1, 0.15) is 5.01 Å². The van der Waals surface area contributed by atoms with E-state index in [4.69, 9.17) is 28.7 Å². The molecule has 3 aromatic rings. The molecule has 1 aliphatic heterocycles. The van der Waals surface area contributed by atoms with E-state index in [0.717, 1.165) is 32.3 Å². The van der Waals surface area contributed by atoms with Gasteiger partial charge in [-0.05, 0) is 12.1 Å². The lowest BCUT2D eigenvalue weighted by Crippen LogP contribution is -1.95. The van der Waals surface area contributed by atoms with Crippen LogP contribution in [0.2, 0.25) is 0 Å². The number of ether oxygens (including phenoxy) is 5. The summed E-state index contributed by atoms with van der Waals surface area (Å²) in [7, 11) is 4.77. The summed E-state index contributed by atoms with van der Waals surface area (Å²) in [6.07, 6.45) is 0. The number of hydrogen-bond acceptors (Lipinski definition) is 7. The van der Waals surface area contributed by atoms with Crippen molar-refractivity contribution in [2.45, 2.75) is 0 Å². The number of thiazole rings is 1. The second-order valence-corrected chi connectivity index (χ2v) is 6.14. The Bertz CT molecular complexity index is 855. The molecule has 0 spiro atoms. The van der Waals surface area contributed by atoms with Crippen molar-refractivity contribution in [2.24, 2.45) is 0 Å². The van der Waals surface area contributed by atoms with Crippen molar-refractivity contribution in [1.29, 1.82) is 0 Å². The largest absolute Gasteiger partial charge is 0.493 e. The lowest BCUT2D eigenvalue weighted by atomic mass is 10.2. The summed E-state index contributed by atoms with van der Waals surface area (Å²) < 4.78 is 28.1. The first-order valence-corrected chi connectivity index (χ1v) is 8.05. The number of fused-ring (bicyclic) bond motifs is 2. The molecule has 0 saturated carbocycles. The Morgan fingerprint density at radius 2 is 1.58 bits per heavy atom. The molecular weight excluding hydrogens is 330 g/mol. The van der Waals surface area contributed by atoms with Gasteiger partial charge < -0.3 is 23.7 Å². The van der Waals surface area contributed by atoms with Gasteiger partial charge in [-0.3, -0.25) is 0 Å². The van der Waals surface area contributed by atoms with Gasteiger partial charge in [-0.2, -0.15) is 0 Å². The lowest BCUT2D eigenvalue weighted by Gasteiger charge is -2.13. The second kappa shape index (κ2) is 5.76. The summed E-state index contributed by atoms with van der Waals surface area (Å²) in [4.78, 5) is 4.70. The summed E-state index contributed by atoms with van der Waals surface area (Å²) in [5.41, 5.74) is 1.76. The molecule has 124 valence electrons. The predicted octanol–water partition coefficient (Wildman–Crippen LogP) is 3.72. The highest BCUT2D eigenvalue weighted by Gasteiger charge is 2.19. The highest BCUT2D eigenvalue weighted by atomic mass is 32.1. The molecule has 24 heavy (non-hydrogen) atoms. The van der Waals surface area contributed by atoms with Gasteiger partial charge in [-0.25, -0.2) is 4.98 Å². The van der Waals surface area contributed by atoms with Crippen LogP contribution in [0.1, 0.15) is 0 Å². The van der Waals surface area contributed by atoms with Gasteiger partial charge in [-0.1, -0.05) is 0 Å². The Labute approximate surface area is 142 Å². The van der Waals surface area contributed by atoms with Crippen LogP contribution in [0, 0.1) is 0 Å². The van der Waals surface area contributed by atoms with Crippen LogP contribution in [0.3, 0.4) is 0 Å². The first-order chi connectivity index (χ1) is 11.7. The third-order valence-electron chi connectivity index (χ3n) is 3.79. The van der Waals surface area contributed by atoms with Gasteiger partial charge in [0.25, 0.3) is 0 Å². The predicted molar refractivity (Wildman–Crippen MR) is 90.8 cm³/mol. The van der Waals surface area contributed by atoms with E-state index in [1.807, 2.05) is 24.3 Å². The van der Waals surface area contributed by atoms with E-state index in [2.05, 4.69) is 0 Å². The molecule has 0 bridgehead atoms. The third-order valence-corrected chi connectivity index (χ3v) is 4.86. The third kappa shape index (κ3) is 2.28. The summed E-state index contributed by atoms with van der Waals surface area (Å²) in [6.45, 7) is 0.256. The highest BCUT2D eigenvalue weighted by Crippen LogP contribution is 2.44. The molecule has 0 N–H and O–H groups in total. The van der Waals surface area contributed by atoms with Gasteiger partial charge in [-0.15, -0.1) is 11.3 Å². The lowest BCUT2D eigenvalue weighted by molar-refractivity contribution is 0.174. The molecule has 0 aliphatic carbocycles. The quantitative estimate of drug-likeness (QED) is 0.718. The number of methoxy groups -OCH3 is 3. The monoisotopic (exact) mass is 345 g/mol. The molecule has 0 fully saturated rings. The fourth-order valence-electron chi connectivity index (χ4n) is 2.65.